The summed E-state index contributed by atoms with van der Waals surface area (Å²) in [5.41, 5.74) is 3.50. The predicted octanol–water partition coefficient (Wildman–Crippen LogP) is 3.22. The number of rotatable bonds is 7. The molecule has 0 atom stereocenters. The van der Waals surface area contributed by atoms with Gasteiger partial charge in [0.05, 0.1) is 0 Å². The second kappa shape index (κ2) is 9.59. The van der Waals surface area contributed by atoms with Crippen LogP contribution >= 0.6 is 0 Å². The summed E-state index contributed by atoms with van der Waals surface area (Å²) in [6.07, 6.45) is 4.55. The average molecular weight is 393 g/mol. The fourth-order valence-corrected chi connectivity index (χ4v) is 3.88. The molecule has 2 aromatic carbocycles. The van der Waals surface area contributed by atoms with Crippen LogP contribution in [0.25, 0.3) is 0 Å². The van der Waals surface area contributed by atoms with E-state index < -0.39 is 0 Å². The molecule has 0 heterocycles. The van der Waals surface area contributed by atoms with Crippen molar-refractivity contribution in [1.82, 2.24) is 15.5 Å². The Morgan fingerprint density at radius 3 is 2.45 bits per heavy atom. The van der Waals surface area contributed by atoms with E-state index in [2.05, 4.69) is 52.0 Å². The van der Waals surface area contributed by atoms with Crippen LogP contribution in [0.2, 0.25) is 0 Å². The van der Waals surface area contributed by atoms with Gasteiger partial charge in [-0.15, -0.1) is 0 Å². The first-order chi connectivity index (χ1) is 14.0. The Labute approximate surface area is 174 Å². The van der Waals surface area contributed by atoms with Crippen molar-refractivity contribution in [2.45, 2.75) is 31.1 Å². The molecule has 2 aromatic rings. The van der Waals surface area contributed by atoms with E-state index in [1.807, 2.05) is 25.2 Å². The minimum Gasteiger partial charge on any atom is -0.356 e. The van der Waals surface area contributed by atoms with Gasteiger partial charge in [0.15, 0.2) is 5.96 Å². The molecule has 0 unspecified atom stereocenters. The molecule has 3 rings (SSSR count). The van der Waals surface area contributed by atoms with E-state index in [0.717, 1.165) is 36.6 Å². The van der Waals surface area contributed by atoms with E-state index in [4.69, 9.17) is 0 Å². The number of carbonyl (C=O) groups is 1. The number of hydrogen-bond acceptors (Lipinski definition) is 2. The van der Waals surface area contributed by atoms with Crippen molar-refractivity contribution in [3.8, 4) is 0 Å². The second-order valence-electron chi connectivity index (χ2n) is 8.00. The number of hydrogen-bond donors (Lipinski definition) is 2. The first-order valence-corrected chi connectivity index (χ1v) is 10.3. The summed E-state index contributed by atoms with van der Waals surface area (Å²) < 4.78 is 0. The molecular weight excluding hydrogens is 360 g/mol. The van der Waals surface area contributed by atoms with E-state index in [1.165, 1.54) is 24.8 Å². The van der Waals surface area contributed by atoms with Gasteiger partial charge in [-0.1, -0.05) is 48.9 Å². The maximum absolute atomic E-state index is 12.1. The molecule has 29 heavy (non-hydrogen) atoms. The number of nitrogens with zero attached hydrogens (tertiary/aromatic N) is 2. The van der Waals surface area contributed by atoms with Gasteiger partial charge in [0, 0.05) is 45.2 Å². The third-order valence-corrected chi connectivity index (χ3v) is 5.80. The Hall–Kier alpha value is -2.82. The molecule has 0 bridgehead atoms. The topological polar surface area (TPSA) is 56.7 Å². The fraction of sp³-hybridized carbons (Fsp3) is 0.417. The Kier molecular flexibility index (Phi) is 6.91. The lowest BCUT2D eigenvalue weighted by molar-refractivity contribution is 0.0827. The molecule has 5 heteroatoms. The molecule has 1 amide bonds. The van der Waals surface area contributed by atoms with Crippen LogP contribution in [0.1, 0.15) is 40.7 Å². The van der Waals surface area contributed by atoms with Crippen LogP contribution in [0.15, 0.2) is 59.6 Å². The maximum atomic E-state index is 12.1. The Bertz CT molecular complexity index is 841. The van der Waals surface area contributed by atoms with Crippen LogP contribution in [0, 0.1) is 0 Å². The van der Waals surface area contributed by atoms with Gasteiger partial charge in [-0.05, 0) is 42.5 Å². The average Bonchev–Trinajstić information content (AvgIpc) is 2.72. The number of nitrogens with one attached hydrogen (secondary N) is 2. The second-order valence-corrected chi connectivity index (χ2v) is 8.00. The van der Waals surface area contributed by atoms with Crippen molar-refractivity contribution in [2.24, 2.45) is 4.99 Å². The SMILES string of the molecule is CN=C(NCCc1cccc(C(=O)N(C)C)c1)NCC1(c2ccccc2)CCC1. The smallest absolute Gasteiger partial charge is 0.253 e. The van der Waals surface area contributed by atoms with Crippen molar-refractivity contribution < 1.29 is 4.79 Å². The van der Waals surface area contributed by atoms with Gasteiger partial charge in [0.1, 0.15) is 0 Å². The lowest BCUT2D eigenvalue weighted by atomic mass is 9.64. The van der Waals surface area contributed by atoms with Gasteiger partial charge in [0.25, 0.3) is 5.91 Å². The molecule has 5 nitrogen and oxygen atoms in total. The fourth-order valence-electron chi connectivity index (χ4n) is 3.88. The molecule has 1 aliphatic carbocycles. The zero-order valence-electron chi connectivity index (χ0n) is 17.7. The summed E-state index contributed by atoms with van der Waals surface area (Å²) in [6.45, 7) is 1.65. The lowest BCUT2D eigenvalue weighted by Crippen LogP contribution is -2.49. The molecule has 154 valence electrons. The first-order valence-electron chi connectivity index (χ1n) is 10.3. The largest absolute Gasteiger partial charge is 0.356 e. The van der Waals surface area contributed by atoms with Crippen LogP contribution < -0.4 is 10.6 Å². The lowest BCUT2D eigenvalue weighted by Gasteiger charge is -2.43. The van der Waals surface area contributed by atoms with Gasteiger partial charge in [0.2, 0.25) is 0 Å². The third kappa shape index (κ3) is 5.17. The van der Waals surface area contributed by atoms with Gasteiger partial charge in [-0.3, -0.25) is 9.79 Å². The minimum absolute atomic E-state index is 0.0315. The number of carbonyl (C=O) groups excluding carboxylic acids is 1. The van der Waals surface area contributed by atoms with Crippen LogP contribution in [0.3, 0.4) is 0 Å². The van der Waals surface area contributed by atoms with Crippen LogP contribution in [0.4, 0.5) is 0 Å². The summed E-state index contributed by atoms with van der Waals surface area (Å²) in [5, 5.41) is 6.92. The number of guanidine groups is 1. The highest BCUT2D eigenvalue weighted by atomic mass is 16.2. The molecule has 1 aliphatic rings. The summed E-state index contributed by atoms with van der Waals surface area (Å²) >= 11 is 0. The van der Waals surface area contributed by atoms with Crippen LogP contribution in [-0.4, -0.2) is 51.0 Å². The normalized spacial score (nSPS) is 15.3. The third-order valence-electron chi connectivity index (χ3n) is 5.80. The molecule has 0 aliphatic heterocycles. The molecule has 0 aromatic heterocycles. The predicted molar refractivity (Wildman–Crippen MR) is 119 cm³/mol. The highest BCUT2D eigenvalue weighted by molar-refractivity contribution is 5.94. The zero-order valence-corrected chi connectivity index (χ0v) is 17.7. The molecule has 0 saturated heterocycles. The van der Waals surface area contributed by atoms with E-state index >= 15 is 0 Å². The minimum atomic E-state index is 0.0315. The molecule has 1 saturated carbocycles. The summed E-state index contributed by atoms with van der Waals surface area (Å²) in [7, 11) is 5.36. The highest BCUT2D eigenvalue weighted by Gasteiger charge is 2.38. The summed E-state index contributed by atoms with van der Waals surface area (Å²) in [4.78, 5) is 18.1. The molecule has 0 spiro atoms. The van der Waals surface area contributed by atoms with Gasteiger partial charge in [-0.25, -0.2) is 0 Å². The van der Waals surface area contributed by atoms with Crippen molar-refractivity contribution in [2.75, 3.05) is 34.2 Å². The van der Waals surface area contributed by atoms with Crippen molar-refractivity contribution in [1.29, 1.82) is 0 Å². The zero-order chi connectivity index (χ0) is 20.7. The van der Waals surface area contributed by atoms with E-state index in [9.17, 15) is 4.79 Å². The maximum Gasteiger partial charge on any atom is 0.253 e. The monoisotopic (exact) mass is 392 g/mol. The number of aliphatic imine (C=N–C) groups is 1. The standard InChI is InChI=1S/C24H32N4O/c1-25-23(27-18-24(14-8-15-24)21-11-5-4-6-12-21)26-16-13-19-9-7-10-20(17-19)22(29)28(2)3/h4-7,9-12,17H,8,13-16,18H2,1-3H3,(H2,25,26,27). The summed E-state index contributed by atoms with van der Waals surface area (Å²) in [5.74, 6) is 0.858. The Morgan fingerprint density at radius 1 is 1.07 bits per heavy atom. The van der Waals surface area contributed by atoms with Crippen LogP contribution in [-0.2, 0) is 11.8 Å². The molecule has 0 radical (unpaired) electrons. The van der Waals surface area contributed by atoms with Crippen molar-refractivity contribution in [3.63, 3.8) is 0 Å². The highest BCUT2D eigenvalue weighted by Crippen LogP contribution is 2.43. The van der Waals surface area contributed by atoms with Gasteiger partial charge < -0.3 is 15.5 Å². The first kappa shape index (κ1) is 20.9. The number of amides is 1. The van der Waals surface area contributed by atoms with E-state index in [0.29, 0.717) is 0 Å². The number of benzene rings is 2. The van der Waals surface area contributed by atoms with E-state index in [1.54, 1.807) is 19.0 Å². The van der Waals surface area contributed by atoms with Gasteiger partial charge >= 0.3 is 0 Å². The van der Waals surface area contributed by atoms with Gasteiger partial charge in [-0.2, -0.15) is 0 Å². The molecule has 2 N–H and O–H groups in total. The van der Waals surface area contributed by atoms with E-state index in [-0.39, 0.29) is 11.3 Å². The van der Waals surface area contributed by atoms with Crippen molar-refractivity contribution in [3.05, 3.63) is 71.3 Å². The summed E-state index contributed by atoms with van der Waals surface area (Å²) in [6, 6.07) is 18.6. The molecule has 1 fully saturated rings. The van der Waals surface area contributed by atoms with Crippen molar-refractivity contribution >= 4 is 11.9 Å². The Morgan fingerprint density at radius 2 is 1.83 bits per heavy atom. The Balaban J connectivity index is 1.51. The molecular formula is C24H32N4O. The van der Waals surface area contributed by atoms with Crippen LogP contribution in [0.5, 0.6) is 0 Å². The quantitative estimate of drug-likeness (QED) is 0.562.